The van der Waals surface area contributed by atoms with Crippen molar-refractivity contribution >= 4 is 77.8 Å². The van der Waals surface area contributed by atoms with Crippen LogP contribution in [-0.4, -0.2) is 35.3 Å². The maximum absolute atomic E-state index is 16.6. The van der Waals surface area contributed by atoms with Crippen LogP contribution in [0, 0.1) is 186 Å². The molecule has 0 atom stereocenters. The first-order valence-electron chi connectivity index (χ1n) is 42.5. The van der Waals surface area contributed by atoms with Crippen LogP contribution in [0.5, 0.6) is 0 Å². The summed E-state index contributed by atoms with van der Waals surface area (Å²) in [6, 6.07) is 21.8. The summed E-state index contributed by atoms with van der Waals surface area (Å²) in [6.45, 7) is 0. The van der Waals surface area contributed by atoms with Gasteiger partial charge in [-0.05, 0) is 198 Å². The van der Waals surface area contributed by atoms with Crippen molar-refractivity contribution < 1.29 is 187 Å². The number of halogens is 33. The second-order valence-corrected chi connectivity index (χ2v) is 40.0. The number of rotatable bonds is 20. The van der Waals surface area contributed by atoms with E-state index in [4.69, 9.17) is 0 Å². The van der Waals surface area contributed by atoms with E-state index in [1.165, 1.54) is 71.3 Å². The monoisotopic (exact) mass is 1990 g/mol. The second-order valence-electron chi connectivity index (χ2n) is 35.3. The number of hydrogen-bond donors (Lipinski definition) is 0. The van der Waals surface area contributed by atoms with E-state index in [1.54, 1.807) is 0 Å². The van der Waals surface area contributed by atoms with Crippen LogP contribution in [0.25, 0.3) is 0 Å². The van der Waals surface area contributed by atoms with Crippen molar-refractivity contribution in [1.82, 2.24) is 0 Å². The van der Waals surface area contributed by atoms with E-state index in [1.807, 2.05) is 0 Å². The van der Waals surface area contributed by atoms with Crippen LogP contribution in [0.15, 0.2) is 60.7 Å². The van der Waals surface area contributed by atoms with Gasteiger partial charge in [0.05, 0.1) is 0 Å². The van der Waals surface area contributed by atoms with Crippen LogP contribution >= 0.6 is 0 Å². The largest absolute Gasteiger partial charge is 1.00 e. The van der Waals surface area contributed by atoms with E-state index in [0.717, 1.165) is 21.8 Å². The molecule has 0 amide bonds. The average Bonchev–Trinajstić information content (AvgIpc) is 1.65. The third-order valence-electron chi connectivity index (χ3n) is 26.7. The van der Waals surface area contributed by atoms with Crippen LogP contribution in [0.1, 0.15) is 231 Å². The van der Waals surface area contributed by atoms with Gasteiger partial charge in [0.1, 0.15) is 140 Å². The molecule has 8 saturated carbocycles. The maximum Gasteiger partial charge on any atom is 1.00 e. The Bertz CT molecular complexity index is 5030. The fourth-order valence-corrected chi connectivity index (χ4v) is 24.0. The molecule has 10 aromatic carbocycles. The van der Waals surface area contributed by atoms with Crippen LogP contribution < -0.4 is 90.2 Å². The van der Waals surface area contributed by atoms with Crippen LogP contribution in [0.3, 0.4) is 0 Å². The molecule has 10 fully saturated rings. The molecule has 2 aliphatic heterocycles. The smallest absolute Gasteiger partial charge is 1.00 e. The molecule has 10 aliphatic rings. The summed E-state index contributed by atoms with van der Waals surface area (Å²) in [4.78, 5) is 0. The van der Waals surface area contributed by atoms with Crippen LogP contribution in [0.2, 0.25) is 0 Å². The number of hydrogen-bond acceptors (Lipinski definition) is 0. The summed E-state index contributed by atoms with van der Waals surface area (Å²) < 4.78 is 521. The minimum absolute atomic E-state index is 0. The van der Waals surface area contributed by atoms with Gasteiger partial charge in [-0.3, -0.25) is 0 Å². The summed E-state index contributed by atoms with van der Waals surface area (Å²) in [5.74, 6) is -89.6. The van der Waals surface area contributed by atoms with Gasteiger partial charge in [0.25, 0.3) is 0 Å². The zero-order valence-corrected chi connectivity index (χ0v) is 74.4. The minimum atomic E-state index is -6.56. The molecular formula is C94H70B2BrF32NaS2. The average molecular weight is 2000 g/mol. The van der Waals surface area contributed by atoms with Crippen molar-refractivity contribution in [2.24, 2.45) is 0 Å². The summed E-state index contributed by atoms with van der Waals surface area (Å²) in [7, 11) is 1.44. The molecule has 38 heteroatoms. The summed E-state index contributed by atoms with van der Waals surface area (Å²) in [5.41, 5.74) is -31.4. The molecule has 132 heavy (non-hydrogen) atoms. The van der Waals surface area contributed by atoms with Gasteiger partial charge in [-0.25, -0.2) is 140 Å². The Morgan fingerprint density at radius 1 is 0.182 bits per heavy atom. The first-order chi connectivity index (χ1) is 61.9. The zero-order chi connectivity index (χ0) is 93.1. The first kappa shape index (κ1) is 98.8. The second kappa shape index (κ2) is 38.0. The number of benzene rings is 10. The van der Waals surface area contributed by atoms with E-state index in [9.17, 15) is 0 Å². The van der Waals surface area contributed by atoms with Gasteiger partial charge in [-0.2, -0.15) is 0 Å². The molecular weight excluding hydrogens is 1930 g/mol. The van der Waals surface area contributed by atoms with Gasteiger partial charge in [-0.15, -0.1) is 43.7 Å². The van der Waals surface area contributed by atoms with E-state index in [2.05, 4.69) is 60.7 Å². The third-order valence-corrected chi connectivity index (χ3v) is 31.6. The Morgan fingerprint density at radius 3 is 0.402 bits per heavy atom. The Kier molecular flexibility index (Phi) is 28.4. The predicted molar refractivity (Wildman–Crippen MR) is 428 cm³/mol. The molecule has 20 rings (SSSR count). The molecule has 0 N–H and O–H groups in total. The maximum atomic E-state index is 16.6. The molecule has 0 aromatic heterocycles. The minimum Gasteiger partial charge on any atom is -1.00 e. The van der Waals surface area contributed by atoms with Gasteiger partial charge >= 0.3 is 29.6 Å². The van der Waals surface area contributed by atoms with Crippen molar-refractivity contribution in [3.63, 3.8) is 0 Å². The molecule has 0 radical (unpaired) electrons. The molecule has 0 unspecified atom stereocenters. The standard InChI is InChI=1S/2C36H20BF16.2C11H15S.BrH.Na/c2*38-21-13(9-1-2-9)22(39)30(47)17(29(21)46)37(18-31(48)23(40)14(10-3-4-10)24(41)32(18)49,19-33(50)25(42)15(11-5-6-11)26(43)34(19)51)20-35(52)27(44)16(12-7-8-12)28(45)36(20)53;2*1-2-6-11(7-3-1)10-12-8-4-5-9-12;;/h2*9-12H,1-8H2;2*1-3,6-7H,4-5,8-10H2;1H;/q2*-1;2*+1;;+1/p-1. The Hall–Kier alpha value is -7.73. The van der Waals surface area contributed by atoms with Crippen molar-refractivity contribution in [2.45, 2.75) is 187 Å². The van der Waals surface area contributed by atoms with Crippen molar-refractivity contribution in [1.29, 1.82) is 0 Å². The predicted octanol–water partition coefficient (Wildman–Crippen LogP) is 16.8. The first-order valence-corrected chi connectivity index (χ1v) is 45.9. The van der Waals surface area contributed by atoms with Crippen molar-refractivity contribution in [2.75, 3.05) is 23.0 Å². The van der Waals surface area contributed by atoms with Crippen molar-refractivity contribution in [3.05, 3.63) is 302 Å². The Morgan fingerprint density at radius 2 is 0.295 bits per heavy atom. The molecule has 10 aromatic rings. The fourth-order valence-electron chi connectivity index (χ4n) is 19.3. The topological polar surface area (TPSA) is 0 Å². The molecule has 0 bridgehead atoms. The molecule has 0 nitrogen and oxygen atoms in total. The van der Waals surface area contributed by atoms with Crippen LogP contribution in [0.4, 0.5) is 140 Å². The SMILES string of the molecule is Fc1c(F)c([B-](c2c(F)c(F)c(C3CC3)c(F)c2F)(c2c(F)c(F)c(C3CC3)c(F)c2F)c2c(F)c(F)c(C3CC3)c(F)c2F)c(F)c(F)c1C1CC1.Fc1c(F)c([B-](c2c(F)c(F)c(C3CC3)c(F)c2F)(c2c(F)c(F)c(C3CC3)c(F)c2F)c2c(F)c(F)c(C3CC3)c(F)c2F)c(F)c(F)c1C1CC1.[Br-].[Na+].c1ccc(C[S+]2CCCC2)cc1.c1ccc(C[S+]2CCCC2)cc1. The van der Waals surface area contributed by atoms with Crippen LogP contribution in [-0.2, 0) is 33.3 Å². The van der Waals surface area contributed by atoms with Gasteiger partial charge in [0, 0.05) is 55.6 Å². The quantitative estimate of drug-likeness (QED) is 0.0309. The molecule has 8 aliphatic carbocycles. The van der Waals surface area contributed by atoms with E-state index < -0.39 is 334 Å². The van der Waals surface area contributed by atoms with E-state index >= 15 is 140 Å². The Labute approximate surface area is 772 Å². The van der Waals surface area contributed by atoms with Gasteiger partial charge in [0.15, 0.2) is 93.1 Å². The summed E-state index contributed by atoms with van der Waals surface area (Å²) >= 11 is 0. The molecule has 696 valence electrons. The fraction of sp³-hybridized carbons (Fsp3) is 0.362. The van der Waals surface area contributed by atoms with Gasteiger partial charge in [0.2, 0.25) is 0 Å². The molecule has 2 heterocycles. The normalized spacial score (nSPS) is 17.5. The third kappa shape index (κ3) is 16.9. The van der Waals surface area contributed by atoms with E-state index in [0.29, 0.717) is 0 Å². The van der Waals surface area contributed by atoms with Gasteiger partial charge < -0.3 is 17.0 Å². The van der Waals surface area contributed by atoms with Gasteiger partial charge in [-0.1, -0.05) is 60.7 Å². The summed E-state index contributed by atoms with van der Waals surface area (Å²) in [6.07, 6.45) is -9.32. The Balaban J connectivity index is 0.000000158. The van der Waals surface area contributed by atoms with Crippen molar-refractivity contribution in [3.8, 4) is 0 Å². The molecule has 2 saturated heterocycles. The zero-order valence-electron chi connectivity index (χ0n) is 69.2. The van der Waals surface area contributed by atoms with E-state index in [-0.39, 0.29) is 149 Å². The molecule has 0 spiro atoms. The summed E-state index contributed by atoms with van der Waals surface area (Å²) in [5, 5.41) is 0.